The van der Waals surface area contributed by atoms with Crippen molar-refractivity contribution >= 4 is 23.2 Å². The summed E-state index contributed by atoms with van der Waals surface area (Å²) in [5, 5.41) is 5.19. The summed E-state index contributed by atoms with van der Waals surface area (Å²) in [6, 6.07) is 10.6. The van der Waals surface area contributed by atoms with Crippen molar-refractivity contribution in [2.24, 2.45) is 0 Å². The van der Waals surface area contributed by atoms with Crippen LogP contribution >= 0.6 is 11.3 Å². The van der Waals surface area contributed by atoms with Crippen molar-refractivity contribution in [3.8, 4) is 11.5 Å². The molecule has 1 N–H and O–H groups in total. The number of benzene rings is 1. The van der Waals surface area contributed by atoms with E-state index in [1.54, 1.807) is 11.0 Å². The zero-order valence-electron chi connectivity index (χ0n) is 19.3. The first-order chi connectivity index (χ1) is 16.7. The molecule has 3 unspecified atom stereocenters. The summed E-state index contributed by atoms with van der Waals surface area (Å²) in [7, 11) is 0. The van der Waals surface area contributed by atoms with Gasteiger partial charge in [-0.2, -0.15) is 0 Å². The Morgan fingerprint density at radius 3 is 2.59 bits per heavy atom. The van der Waals surface area contributed by atoms with Crippen LogP contribution in [0.4, 0.5) is 0 Å². The van der Waals surface area contributed by atoms with Crippen molar-refractivity contribution in [1.82, 2.24) is 10.2 Å². The standard InChI is InChI=1S/C26H32N2O5S/c29-25(27-18-8-2-1-3-9-18)24(23-13-7-15-34-23)28(16-19-10-6-14-31-19)26(30)22-17-32-20-11-4-5-12-21(20)33-22/h4-5,7,11-13,15,18-19,22,24H,1-3,6,8-10,14,16-17H2,(H,27,29). The van der Waals surface area contributed by atoms with Gasteiger partial charge >= 0.3 is 0 Å². The molecule has 0 bridgehead atoms. The van der Waals surface area contributed by atoms with E-state index in [0.29, 0.717) is 24.7 Å². The van der Waals surface area contributed by atoms with Crippen molar-refractivity contribution in [2.45, 2.75) is 69.2 Å². The Morgan fingerprint density at radius 1 is 1.03 bits per heavy atom. The minimum Gasteiger partial charge on any atom is -0.485 e. The summed E-state index contributed by atoms with van der Waals surface area (Å²) in [6.45, 7) is 1.14. The predicted molar refractivity (Wildman–Crippen MR) is 129 cm³/mol. The maximum absolute atomic E-state index is 13.9. The number of carbonyl (C=O) groups excluding carboxylic acids is 2. The van der Waals surface area contributed by atoms with Gasteiger partial charge in [0, 0.05) is 24.1 Å². The summed E-state index contributed by atoms with van der Waals surface area (Å²) < 4.78 is 17.8. The third-order valence-electron chi connectivity index (χ3n) is 6.82. The SMILES string of the molecule is O=C(NC1CCCCC1)C(c1cccs1)N(CC1CCCO1)C(=O)C1COc2ccccc2O1. The summed E-state index contributed by atoms with van der Waals surface area (Å²) in [5.41, 5.74) is 0. The van der Waals surface area contributed by atoms with Gasteiger partial charge < -0.3 is 24.4 Å². The molecule has 8 heteroatoms. The summed E-state index contributed by atoms with van der Waals surface area (Å²) >= 11 is 1.49. The van der Waals surface area contributed by atoms with Gasteiger partial charge in [-0.3, -0.25) is 9.59 Å². The fraction of sp³-hybridized carbons (Fsp3) is 0.538. The van der Waals surface area contributed by atoms with E-state index in [-0.39, 0.29) is 30.6 Å². The van der Waals surface area contributed by atoms with E-state index >= 15 is 0 Å². The Morgan fingerprint density at radius 2 is 1.85 bits per heavy atom. The molecule has 1 saturated heterocycles. The number of nitrogens with one attached hydrogen (secondary N) is 1. The molecule has 34 heavy (non-hydrogen) atoms. The molecule has 0 spiro atoms. The first kappa shape index (κ1) is 23.2. The van der Waals surface area contributed by atoms with Gasteiger partial charge in [-0.15, -0.1) is 11.3 Å². The molecule has 2 aliphatic heterocycles. The number of ether oxygens (including phenoxy) is 3. The topological polar surface area (TPSA) is 77.1 Å². The Hall–Kier alpha value is -2.58. The molecule has 3 aliphatic rings. The minimum absolute atomic E-state index is 0.0920. The van der Waals surface area contributed by atoms with E-state index in [0.717, 1.165) is 43.4 Å². The summed E-state index contributed by atoms with van der Waals surface area (Å²) in [6.07, 6.45) is 6.35. The number of hydrogen-bond acceptors (Lipinski definition) is 6. The zero-order valence-corrected chi connectivity index (χ0v) is 20.1. The van der Waals surface area contributed by atoms with Gasteiger partial charge in [0.15, 0.2) is 11.5 Å². The van der Waals surface area contributed by atoms with Crippen LogP contribution in [-0.2, 0) is 14.3 Å². The molecule has 0 radical (unpaired) electrons. The summed E-state index contributed by atoms with van der Waals surface area (Å²) in [4.78, 5) is 30.1. The first-order valence-electron chi connectivity index (χ1n) is 12.3. The fourth-order valence-electron chi connectivity index (χ4n) is 5.05. The molecule has 182 valence electrons. The van der Waals surface area contributed by atoms with Gasteiger partial charge in [0.2, 0.25) is 12.0 Å². The fourth-order valence-corrected chi connectivity index (χ4v) is 5.89. The maximum Gasteiger partial charge on any atom is 0.268 e. The van der Waals surface area contributed by atoms with E-state index in [9.17, 15) is 9.59 Å². The lowest BCUT2D eigenvalue weighted by molar-refractivity contribution is -0.150. The number of para-hydroxylation sites is 2. The smallest absolute Gasteiger partial charge is 0.268 e. The maximum atomic E-state index is 13.9. The largest absolute Gasteiger partial charge is 0.485 e. The average Bonchev–Trinajstić information content (AvgIpc) is 3.58. The molecule has 1 aliphatic carbocycles. The summed E-state index contributed by atoms with van der Waals surface area (Å²) in [5.74, 6) is 0.797. The lowest BCUT2D eigenvalue weighted by Crippen LogP contribution is -2.54. The highest BCUT2D eigenvalue weighted by Gasteiger charge is 2.40. The van der Waals surface area contributed by atoms with E-state index in [1.807, 2.05) is 35.7 Å². The second-order valence-corrected chi connectivity index (χ2v) is 10.2. The van der Waals surface area contributed by atoms with Crippen molar-refractivity contribution in [2.75, 3.05) is 19.8 Å². The molecular formula is C26H32N2O5S. The van der Waals surface area contributed by atoms with Crippen LogP contribution in [0.1, 0.15) is 55.9 Å². The zero-order chi connectivity index (χ0) is 23.3. The normalized spacial score (nSPS) is 23.3. The monoisotopic (exact) mass is 484 g/mol. The van der Waals surface area contributed by atoms with Gasteiger partial charge in [0.1, 0.15) is 12.6 Å². The molecule has 5 rings (SSSR count). The first-order valence-corrected chi connectivity index (χ1v) is 13.2. The van der Waals surface area contributed by atoms with Crippen LogP contribution in [0.2, 0.25) is 0 Å². The molecule has 1 saturated carbocycles. The van der Waals surface area contributed by atoms with Gasteiger partial charge in [-0.25, -0.2) is 0 Å². The highest BCUT2D eigenvalue weighted by molar-refractivity contribution is 7.10. The van der Waals surface area contributed by atoms with Gasteiger partial charge in [-0.05, 0) is 49.3 Å². The van der Waals surface area contributed by atoms with E-state index in [1.165, 1.54) is 17.8 Å². The molecule has 1 aromatic heterocycles. The highest BCUT2D eigenvalue weighted by Crippen LogP contribution is 2.34. The van der Waals surface area contributed by atoms with Crippen LogP contribution in [0.15, 0.2) is 41.8 Å². The predicted octanol–water partition coefficient (Wildman–Crippen LogP) is 4.09. The van der Waals surface area contributed by atoms with Crippen LogP contribution in [0.3, 0.4) is 0 Å². The molecule has 3 heterocycles. The lowest BCUT2D eigenvalue weighted by Gasteiger charge is -2.36. The van der Waals surface area contributed by atoms with Crippen LogP contribution in [0.25, 0.3) is 0 Å². The quantitative estimate of drug-likeness (QED) is 0.641. The third kappa shape index (κ3) is 5.23. The molecule has 2 aromatic rings. The number of fused-ring (bicyclic) bond motifs is 1. The number of rotatable bonds is 7. The Labute approximate surface area is 204 Å². The third-order valence-corrected chi connectivity index (χ3v) is 7.74. The minimum atomic E-state index is -0.818. The second-order valence-electron chi connectivity index (χ2n) is 9.25. The van der Waals surface area contributed by atoms with Crippen molar-refractivity contribution < 1.29 is 23.8 Å². The van der Waals surface area contributed by atoms with Crippen LogP contribution in [-0.4, -0.2) is 54.7 Å². The second kappa shape index (κ2) is 10.8. The Bertz CT molecular complexity index is 969. The number of nitrogens with zero attached hydrogens (tertiary/aromatic N) is 1. The van der Waals surface area contributed by atoms with Gasteiger partial charge in [0.25, 0.3) is 5.91 Å². The van der Waals surface area contributed by atoms with Crippen LogP contribution < -0.4 is 14.8 Å². The molecule has 3 atom stereocenters. The van der Waals surface area contributed by atoms with E-state index in [2.05, 4.69) is 5.32 Å². The number of amides is 2. The van der Waals surface area contributed by atoms with Crippen LogP contribution in [0.5, 0.6) is 11.5 Å². The number of hydrogen-bond donors (Lipinski definition) is 1. The van der Waals surface area contributed by atoms with E-state index in [4.69, 9.17) is 14.2 Å². The van der Waals surface area contributed by atoms with Gasteiger partial charge in [0.05, 0.1) is 6.10 Å². The lowest BCUT2D eigenvalue weighted by atomic mass is 9.95. The Kier molecular flexibility index (Phi) is 7.35. The highest BCUT2D eigenvalue weighted by atomic mass is 32.1. The van der Waals surface area contributed by atoms with Crippen molar-refractivity contribution in [3.05, 3.63) is 46.7 Å². The Balaban J connectivity index is 1.41. The van der Waals surface area contributed by atoms with Crippen molar-refractivity contribution in [3.63, 3.8) is 0 Å². The molecule has 1 aromatic carbocycles. The van der Waals surface area contributed by atoms with Crippen molar-refractivity contribution in [1.29, 1.82) is 0 Å². The molecule has 7 nitrogen and oxygen atoms in total. The van der Waals surface area contributed by atoms with Gasteiger partial charge in [-0.1, -0.05) is 37.5 Å². The average molecular weight is 485 g/mol. The van der Waals surface area contributed by atoms with E-state index < -0.39 is 12.1 Å². The molecule has 2 amide bonds. The number of carbonyl (C=O) groups is 2. The van der Waals surface area contributed by atoms with Crippen LogP contribution in [0, 0.1) is 0 Å². The molecular weight excluding hydrogens is 452 g/mol. The molecule has 2 fully saturated rings. The number of thiophene rings is 1.